The highest BCUT2D eigenvalue weighted by atomic mass is 32.1. The van der Waals surface area contributed by atoms with E-state index in [9.17, 15) is 9.59 Å². The average Bonchev–Trinajstić information content (AvgIpc) is 2.49. The molecule has 4 nitrogen and oxygen atoms in total. The molecule has 5 heteroatoms. The van der Waals surface area contributed by atoms with Gasteiger partial charge in [-0.15, -0.1) is 0 Å². The number of hydrogen-bond donors (Lipinski definition) is 2. The molecule has 0 saturated heterocycles. The van der Waals surface area contributed by atoms with Gasteiger partial charge in [0.05, 0.1) is 11.1 Å². The van der Waals surface area contributed by atoms with Crippen LogP contribution in [0.1, 0.15) is 34.6 Å². The van der Waals surface area contributed by atoms with Gasteiger partial charge in [-0.3, -0.25) is 9.59 Å². The number of nitrogens with one attached hydrogen (secondary N) is 1. The Hall–Kier alpha value is -1.36. The third-order valence-corrected chi connectivity index (χ3v) is 2.34. The van der Waals surface area contributed by atoms with E-state index in [2.05, 4.69) is 5.32 Å². The van der Waals surface area contributed by atoms with E-state index < -0.39 is 5.91 Å². The third kappa shape index (κ3) is 2.32. The second-order valence-corrected chi connectivity index (χ2v) is 3.94. The van der Waals surface area contributed by atoms with Crippen molar-refractivity contribution in [3.8, 4) is 0 Å². The highest BCUT2D eigenvalue weighted by molar-refractivity contribution is 7.08. The van der Waals surface area contributed by atoms with Crippen LogP contribution in [0.4, 0.5) is 0 Å². The smallest absolute Gasteiger partial charge is 0.253 e. The first-order valence-electron chi connectivity index (χ1n) is 4.19. The van der Waals surface area contributed by atoms with Crippen molar-refractivity contribution in [2.75, 3.05) is 0 Å². The zero-order valence-corrected chi connectivity index (χ0v) is 8.85. The summed E-state index contributed by atoms with van der Waals surface area (Å²) in [5, 5.41) is 5.90. The zero-order chi connectivity index (χ0) is 10.7. The predicted octanol–water partition coefficient (Wildman–Crippen LogP) is 0.985. The van der Waals surface area contributed by atoms with Crippen LogP contribution in [0.2, 0.25) is 0 Å². The minimum Gasteiger partial charge on any atom is -0.366 e. The van der Waals surface area contributed by atoms with Crippen molar-refractivity contribution >= 4 is 23.2 Å². The molecule has 0 fully saturated rings. The second-order valence-electron chi connectivity index (χ2n) is 3.19. The van der Waals surface area contributed by atoms with E-state index in [0.717, 1.165) is 0 Å². The molecule has 0 spiro atoms. The van der Waals surface area contributed by atoms with Crippen molar-refractivity contribution in [3.05, 3.63) is 21.9 Å². The number of rotatable bonds is 3. The van der Waals surface area contributed by atoms with E-state index >= 15 is 0 Å². The molecule has 0 aromatic carbocycles. The van der Waals surface area contributed by atoms with Crippen molar-refractivity contribution in [2.24, 2.45) is 5.73 Å². The summed E-state index contributed by atoms with van der Waals surface area (Å²) >= 11 is 1.29. The fraction of sp³-hybridized carbons (Fsp3) is 0.333. The first-order chi connectivity index (χ1) is 6.52. The van der Waals surface area contributed by atoms with Crippen LogP contribution in [0.3, 0.4) is 0 Å². The average molecular weight is 212 g/mol. The molecule has 0 unspecified atom stereocenters. The molecule has 0 saturated carbocycles. The van der Waals surface area contributed by atoms with Gasteiger partial charge >= 0.3 is 0 Å². The van der Waals surface area contributed by atoms with Crippen molar-refractivity contribution in [1.82, 2.24) is 5.32 Å². The Balaban J connectivity index is 2.90. The largest absolute Gasteiger partial charge is 0.366 e. The van der Waals surface area contributed by atoms with Gasteiger partial charge < -0.3 is 11.1 Å². The molecule has 1 heterocycles. The second kappa shape index (κ2) is 4.23. The summed E-state index contributed by atoms with van der Waals surface area (Å²) in [6.45, 7) is 3.71. The van der Waals surface area contributed by atoms with Gasteiger partial charge in [0.25, 0.3) is 5.91 Å². The molecule has 0 aliphatic carbocycles. The molecule has 1 aromatic rings. The zero-order valence-electron chi connectivity index (χ0n) is 8.03. The molecular weight excluding hydrogens is 200 g/mol. The molecule has 0 aliphatic heterocycles. The maximum atomic E-state index is 11.5. The van der Waals surface area contributed by atoms with Crippen LogP contribution >= 0.6 is 11.3 Å². The SMILES string of the molecule is CC(C)NC(=O)c1cscc1C(N)=O. The molecule has 3 N–H and O–H groups in total. The van der Waals surface area contributed by atoms with Crippen LogP contribution in [0, 0.1) is 0 Å². The maximum absolute atomic E-state index is 11.5. The molecule has 14 heavy (non-hydrogen) atoms. The van der Waals surface area contributed by atoms with E-state index in [0.29, 0.717) is 5.56 Å². The Morgan fingerprint density at radius 1 is 1.36 bits per heavy atom. The lowest BCUT2D eigenvalue weighted by molar-refractivity contribution is 0.0928. The van der Waals surface area contributed by atoms with Crippen molar-refractivity contribution in [3.63, 3.8) is 0 Å². The van der Waals surface area contributed by atoms with Crippen molar-refractivity contribution < 1.29 is 9.59 Å². The number of amides is 2. The fourth-order valence-corrected chi connectivity index (χ4v) is 1.82. The van der Waals surface area contributed by atoms with Gasteiger partial charge in [-0.25, -0.2) is 0 Å². The van der Waals surface area contributed by atoms with Crippen LogP contribution in [0.15, 0.2) is 10.8 Å². The topological polar surface area (TPSA) is 72.2 Å². The van der Waals surface area contributed by atoms with Gasteiger partial charge in [-0.2, -0.15) is 11.3 Å². The summed E-state index contributed by atoms with van der Waals surface area (Å²) in [7, 11) is 0. The summed E-state index contributed by atoms with van der Waals surface area (Å²) < 4.78 is 0. The van der Waals surface area contributed by atoms with Crippen LogP contribution in [0.25, 0.3) is 0 Å². The summed E-state index contributed by atoms with van der Waals surface area (Å²) in [6, 6.07) is 0.0446. The van der Waals surface area contributed by atoms with Crippen molar-refractivity contribution in [2.45, 2.75) is 19.9 Å². The number of nitrogens with two attached hydrogens (primary N) is 1. The van der Waals surface area contributed by atoms with E-state index in [4.69, 9.17) is 5.73 Å². The Bertz CT molecular complexity index is 357. The number of primary amides is 1. The molecular formula is C9H12N2O2S. The number of thiophene rings is 1. The van der Waals surface area contributed by atoms with Gasteiger partial charge in [-0.1, -0.05) is 0 Å². The lowest BCUT2D eigenvalue weighted by Gasteiger charge is -2.07. The van der Waals surface area contributed by atoms with Crippen molar-refractivity contribution in [1.29, 1.82) is 0 Å². The number of carbonyl (C=O) groups excluding carboxylic acids is 2. The molecule has 1 aromatic heterocycles. The highest BCUT2D eigenvalue weighted by Gasteiger charge is 2.16. The molecule has 0 radical (unpaired) electrons. The first kappa shape index (κ1) is 10.7. The molecule has 0 bridgehead atoms. The number of hydrogen-bond acceptors (Lipinski definition) is 3. The van der Waals surface area contributed by atoms with Gasteiger partial charge in [0.2, 0.25) is 5.91 Å². The van der Waals surface area contributed by atoms with Crippen LogP contribution in [-0.4, -0.2) is 17.9 Å². The van der Waals surface area contributed by atoms with Gasteiger partial charge in [0.1, 0.15) is 0 Å². The first-order valence-corrected chi connectivity index (χ1v) is 5.13. The van der Waals surface area contributed by atoms with Crippen LogP contribution in [-0.2, 0) is 0 Å². The van der Waals surface area contributed by atoms with Gasteiger partial charge in [-0.05, 0) is 13.8 Å². The minimum atomic E-state index is -0.569. The van der Waals surface area contributed by atoms with E-state index in [1.165, 1.54) is 11.3 Å². The number of carbonyl (C=O) groups is 2. The molecule has 0 atom stereocenters. The van der Waals surface area contributed by atoms with E-state index in [1.54, 1.807) is 10.8 Å². The van der Waals surface area contributed by atoms with Crippen LogP contribution in [0.5, 0.6) is 0 Å². The Morgan fingerprint density at radius 3 is 2.43 bits per heavy atom. The molecule has 2 amide bonds. The summed E-state index contributed by atoms with van der Waals surface area (Å²) in [5.74, 6) is -0.824. The quantitative estimate of drug-likeness (QED) is 0.784. The fourth-order valence-electron chi connectivity index (χ4n) is 1.00. The summed E-state index contributed by atoms with van der Waals surface area (Å²) in [4.78, 5) is 22.5. The molecule has 76 valence electrons. The lowest BCUT2D eigenvalue weighted by Crippen LogP contribution is -2.31. The normalized spacial score (nSPS) is 10.2. The van der Waals surface area contributed by atoms with Gasteiger partial charge in [0, 0.05) is 16.8 Å². The molecule has 0 aliphatic rings. The van der Waals surface area contributed by atoms with Gasteiger partial charge in [0.15, 0.2) is 0 Å². The third-order valence-electron chi connectivity index (χ3n) is 1.59. The van der Waals surface area contributed by atoms with E-state index in [-0.39, 0.29) is 17.5 Å². The Kier molecular flexibility index (Phi) is 3.24. The predicted molar refractivity (Wildman–Crippen MR) is 55.4 cm³/mol. The minimum absolute atomic E-state index is 0.0446. The Morgan fingerprint density at radius 2 is 1.93 bits per heavy atom. The standard InChI is InChI=1S/C9H12N2O2S/c1-5(2)11-9(13)7-4-14-3-6(7)8(10)12/h3-5H,1-2H3,(H2,10,12)(H,11,13). The summed E-state index contributed by atoms with van der Waals surface area (Å²) in [6.07, 6.45) is 0. The summed E-state index contributed by atoms with van der Waals surface area (Å²) in [5.41, 5.74) is 5.76. The van der Waals surface area contributed by atoms with E-state index in [1.807, 2.05) is 13.8 Å². The lowest BCUT2D eigenvalue weighted by atomic mass is 10.1. The molecule has 1 rings (SSSR count). The maximum Gasteiger partial charge on any atom is 0.253 e. The monoisotopic (exact) mass is 212 g/mol. The Labute approximate surface area is 86.1 Å². The highest BCUT2D eigenvalue weighted by Crippen LogP contribution is 2.14. The van der Waals surface area contributed by atoms with Crippen LogP contribution < -0.4 is 11.1 Å².